The maximum absolute atomic E-state index is 12.5. The van der Waals surface area contributed by atoms with E-state index in [4.69, 9.17) is 9.40 Å². The molecule has 0 atom stereocenters. The van der Waals surface area contributed by atoms with Gasteiger partial charge in [0, 0.05) is 28.0 Å². The van der Waals surface area contributed by atoms with Crippen LogP contribution in [0, 0.1) is 10.1 Å². The van der Waals surface area contributed by atoms with Crippen LogP contribution >= 0.6 is 11.3 Å². The van der Waals surface area contributed by atoms with E-state index in [1.54, 1.807) is 6.07 Å². The Morgan fingerprint density at radius 3 is 2.48 bits per heavy atom. The fraction of sp³-hybridized carbons (Fsp3) is 0.182. The van der Waals surface area contributed by atoms with E-state index in [1.807, 2.05) is 19.1 Å². The van der Waals surface area contributed by atoms with Crippen molar-refractivity contribution in [1.29, 1.82) is 0 Å². The number of hydrogen-bond acceptors (Lipinski definition) is 6. The lowest BCUT2D eigenvalue weighted by atomic mass is 10.1. The summed E-state index contributed by atoms with van der Waals surface area (Å²) in [5, 5.41) is 12.1. The van der Waals surface area contributed by atoms with Crippen molar-refractivity contribution in [3.8, 4) is 21.8 Å². The van der Waals surface area contributed by atoms with E-state index in [2.05, 4.69) is 19.1 Å². The van der Waals surface area contributed by atoms with Gasteiger partial charge >= 0.3 is 5.63 Å². The van der Waals surface area contributed by atoms with Crippen molar-refractivity contribution in [2.45, 2.75) is 26.7 Å². The number of non-ortho nitro benzene ring substituents is 1. The van der Waals surface area contributed by atoms with Crippen LogP contribution in [0.25, 0.3) is 32.8 Å². The van der Waals surface area contributed by atoms with Crippen LogP contribution in [0.2, 0.25) is 0 Å². The van der Waals surface area contributed by atoms with Gasteiger partial charge in [-0.15, -0.1) is 11.3 Å². The molecule has 0 aliphatic heterocycles. The van der Waals surface area contributed by atoms with E-state index in [9.17, 15) is 14.9 Å². The molecule has 0 radical (unpaired) electrons. The van der Waals surface area contributed by atoms with Gasteiger partial charge in [-0.05, 0) is 30.5 Å². The van der Waals surface area contributed by atoms with Crippen molar-refractivity contribution in [1.82, 2.24) is 4.98 Å². The number of aryl methyl sites for hydroxylation is 2. The standard InChI is InChI=1S/C22H18N2O4S/c1-3-13-5-7-14(8-6-13)20-19(4-2)29-21(23-20)17-12-15-11-16(24(26)27)9-10-18(15)28-22(17)25/h5-12H,3-4H2,1-2H3. The largest absolute Gasteiger partial charge is 0.422 e. The van der Waals surface area contributed by atoms with Gasteiger partial charge in [0.1, 0.15) is 10.6 Å². The van der Waals surface area contributed by atoms with Crippen molar-refractivity contribution in [2.75, 3.05) is 0 Å². The summed E-state index contributed by atoms with van der Waals surface area (Å²) in [7, 11) is 0. The van der Waals surface area contributed by atoms with Crippen LogP contribution in [-0.2, 0) is 12.8 Å². The molecule has 4 aromatic rings. The van der Waals surface area contributed by atoms with Crippen LogP contribution in [0.1, 0.15) is 24.3 Å². The lowest BCUT2D eigenvalue weighted by Gasteiger charge is -2.02. The molecular weight excluding hydrogens is 388 g/mol. The molecule has 7 heteroatoms. The Bertz CT molecular complexity index is 1270. The third-order valence-corrected chi connectivity index (χ3v) is 6.04. The first-order valence-electron chi connectivity index (χ1n) is 9.31. The molecule has 2 heterocycles. The number of nitro groups is 1. The summed E-state index contributed by atoms with van der Waals surface area (Å²) >= 11 is 1.45. The minimum atomic E-state index is -0.504. The van der Waals surface area contributed by atoms with Crippen molar-refractivity contribution < 1.29 is 9.34 Å². The lowest BCUT2D eigenvalue weighted by molar-refractivity contribution is -0.384. The van der Waals surface area contributed by atoms with Gasteiger partial charge in [0.2, 0.25) is 0 Å². The van der Waals surface area contributed by atoms with Crippen molar-refractivity contribution >= 4 is 28.0 Å². The Morgan fingerprint density at radius 1 is 1.07 bits per heavy atom. The summed E-state index contributed by atoms with van der Waals surface area (Å²) in [6, 6.07) is 14.0. The Kier molecular flexibility index (Phi) is 4.98. The summed E-state index contributed by atoms with van der Waals surface area (Å²) in [5.41, 5.74) is 3.18. The molecule has 2 aromatic heterocycles. The van der Waals surface area contributed by atoms with Crippen LogP contribution in [0.3, 0.4) is 0 Å². The molecular formula is C22H18N2O4S. The summed E-state index contributed by atoms with van der Waals surface area (Å²) in [5.74, 6) is 0. The normalized spacial score (nSPS) is 11.1. The first-order valence-corrected chi connectivity index (χ1v) is 10.1. The molecule has 0 aliphatic carbocycles. The second kappa shape index (κ2) is 7.60. The molecule has 146 valence electrons. The zero-order chi connectivity index (χ0) is 20.5. The van der Waals surface area contributed by atoms with Crippen molar-refractivity contribution in [2.24, 2.45) is 0 Å². The van der Waals surface area contributed by atoms with Gasteiger partial charge in [-0.3, -0.25) is 10.1 Å². The second-order valence-electron chi connectivity index (χ2n) is 6.62. The zero-order valence-corrected chi connectivity index (χ0v) is 16.8. The molecule has 4 rings (SSSR count). The SMILES string of the molecule is CCc1ccc(-c2nc(-c3cc4cc([N+](=O)[O-])ccc4oc3=O)sc2CC)cc1. The van der Waals surface area contributed by atoms with Crippen LogP contribution < -0.4 is 5.63 Å². The number of nitrogens with zero attached hydrogens (tertiary/aromatic N) is 2. The van der Waals surface area contributed by atoms with E-state index < -0.39 is 10.5 Å². The first-order chi connectivity index (χ1) is 14.0. The van der Waals surface area contributed by atoms with E-state index in [1.165, 1.54) is 35.1 Å². The van der Waals surface area contributed by atoms with E-state index in [0.717, 1.165) is 29.0 Å². The lowest BCUT2D eigenvalue weighted by Crippen LogP contribution is -2.02. The summed E-state index contributed by atoms with van der Waals surface area (Å²) < 4.78 is 5.39. The number of fused-ring (bicyclic) bond motifs is 1. The monoisotopic (exact) mass is 406 g/mol. The van der Waals surface area contributed by atoms with Gasteiger partial charge in [-0.1, -0.05) is 38.1 Å². The van der Waals surface area contributed by atoms with E-state index >= 15 is 0 Å². The molecule has 0 saturated carbocycles. The topological polar surface area (TPSA) is 86.2 Å². The van der Waals surface area contributed by atoms with Crippen molar-refractivity contribution in [3.05, 3.63) is 79.5 Å². The first kappa shape index (κ1) is 19.0. The highest BCUT2D eigenvalue weighted by Gasteiger charge is 2.18. The third-order valence-electron chi connectivity index (χ3n) is 4.81. The Balaban J connectivity index is 1.84. The number of thiazole rings is 1. The van der Waals surface area contributed by atoms with Crippen LogP contribution in [0.4, 0.5) is 5.69 Å². The van der Waals surface area contributed by atoms with Gasteiger partial charge in [0.05, 0.1) is 16.2 Å². The predicted octanol–water partition coefficient (Wildman–Crippen LogP) is 5.62. The third kappa shape index (κ3) is 3.56. The molecule has 0 saturated heterocycles. The molecule has 6 nitrogen and oxygen atoms in total. The minimum Gasteiger partial charge on any atom is -0.422 e. The average Bonchev–Trinajstić information content (AvgIpc) is 3.17. The maximum atomic E-state index is 12.5. The highest BCUT2D eigenvalue weighted by atomic mass is 32.1. The summed E-state index contributed by atoms with van der Waals surface area (Å²) in [6.45, 7) is 4.16. The Hall–Kier alpha value is -3.32. The van der Waals surface area contributed by atoms with Crippen LogP contribution in [-0.4, -0.2) is 9.91 Å². The maximum Gasteiger partial charge on any atom is 0.346 e. The molecule has 0 N–H and O–H groups in total. The molecule has 0 bridgehead atoms. The Morgan fingerprint density at radius 2 is 1.83 bits per heavy atom. The number of hydrogen-bond donors (Lipinski definition) is 0. The smallest absolute Gasteiger partial charge is 0.346 e. The number of nitro benzene ring substituents is 1. The molecule has 0 unspecified atom stereocenters. The molecule has 0 amide bonds. The molecule has 0 spiro atoms. The number of benzene rings is 2. The number of aromatic nitrogens is 1. The molecule has 0 aliphatic rings. The highest BCUT2D eigenvalue weighted by Crippen LogP contribution is 2.34. The highest BCUT2D eigenvalue weighted by molar-refractivity contribution is 7.15. The van der Waals surface area contributed by atoms with Gasteiger partial charge in [-0.25, -0.2) is 9.78 Å². The average molecular weight is 406 g/mol. The Labute approximate surface area is 170 Å². The zero-order valence-electron chi connectivity index (χ0n) is 16.0. The number of rotatable bonds is 5. The fourth-order valence-corrected chi connectivity index (χ4v) is 4.23. The fourth-order valence-electron chi connectivity index (χ4n) is 3.20. The minimum absolute atomic E-state index is 0.0533. The quantitative estimate of drug-likeness (QED) is 0.244. The van der Waals surface area contributed by atoms with E-state index in [-0.39, 0.29) is 5.69 Å². The predicted molar refractivity (Wildman–Crippen MR) is 114 cm³/mol. The molecule has 0 fully saturated rings. The van der Waals surface area contributed by atoms with Crippen LogP contribution in [0.15, 0.2) is 57.7 Å². The van der Waals surface area contributed by atoms with Gasteiger partial charge < -0.3 is 4.42 Å². The molecule has 2 aromatic carbocycles. The van der Waals surface area contributed by atoms with E-state index in [0.29, 0.717) is 21.5 Å². The van der Waals surface area contributed by atoms with Crippen LogP contribution in [0.5, 0.6) is 0 Å². The van der Waals surface area contributed by atoms with Gasteiger partial charge in [-0.2, -0.15) is 0 Å². The summed E-state index contributed by atoms with van der Waals surface area (Å²) in [6.07, 6.45) is 1.75. The second-order valence-corrected chi connectivity index (χ2v) is 7.71. The molecule has 29 heavy (non-hydrogen) atoms. The summed E-state index contributed by atoms with van der Waals surface area (Å²) in [4.78, 5) is 28.9. The van der Waals surface area contributed by atoms with Gasteiger partial charge in [0.15, 0.2) is 0 Å². The van der Waals surface area contributed by atoms with Gasteiger partial charge in [0.25, 0.3) is 5.69 Å². The van der Waals surface area contributed by atoms with Crippen molar-refractivity contribution in [3.63, 3.8) is 0 Å².